The van der Waals surface area contributed by atoms with E-state index in [1.807, 2.05) is 6.07 Å². The van der Waals surface area contributed by atoms with Crippen molar-refractivity contribution in [1.29, 1.82) is 0 Å². The molecule has 1 aliphatic heterocycles. The topological polar surface area (TPSA) is 39.9 Å². The van der Waals surface area contributed by atoms with Gasteiger partial charge in [-0.25, -0.2) is 4.39 Å². The molecule has 3 nitrogen and oxygen atoms in total. The Morgan fingerprint density at radius 1 is 1.29 bits per heavy atom. The van der Waals surface area contributed by atoms with Gasteiger partial charge in [0.2, 0.25) is 0 Å². The molecule has 3 N–H and O–H groups in total. The highest BCUT2D eigenvalue weighted by Crippen LogP contribution is 2.35. The van der Waals surface area contributed by atoms with Crippen molar-refractivity contribution in [3.05, 3.63) is 35.3 Å². The highest BCUT2D eigenvalue weighted by atomic mass is 19.1. The summed E-state index contributed by atoms with van der Waals surface area (Å²) in [5, 5.41) is 8.22. The first kappa shape index (κ1) is 13.3. The first-order valence-corrected chi connectivity index (χ1v) is 8.05. The van der Waals surface area contributed by atoms with Crippen LogP contribution in [0.2, 0.25) is 0 Å². The average molecular weight is 287 g/mol. The SMILES string of the molecule is Fc1ccc2[nH]c3c(c2c1)CCCC3NCC1CCNC1. The summed E-state index contributed by atoms with van der Waals surface area (Å²) < 4.78 is 13.5. The van der Waals surface area contributed by atoms with E-state index in [0.29, 0.717) is 6.04 Å². The number of rotatable bonds is 3. The molecule has 1 aromatic heterocycles. The van der Waals surface area contributed by atoms with Gasteiger partial charge in [-0.1, -0.05) is 0 Å². The number of aromatic nitrogens is 1. The lowest BCUT2D eigenvalue weighted by Gasteiger charge is -2.25. The van der Waals surface area contributed by atoms with Crippen LogP contribution in [0.5, 0.6) is 0 Å². The molecule has 2 heterocycles. The molecule has 4 rings (SSSR count). The second kappa shape index (κ2) is 5.43. The quantitative estimate of drug-likeness (QED) is 0.812. The number of nitrogens with one attached hydrogen (secondary N) is 3. The maximum atomic E-state index is 13.5. The molecule has 0 bridgehead atoms. The summed E-state index contributed by atoms with van der Waals surface area (Å²) in [5.41, 5.74) is 3.67. The highest BCUT2D eigenvalue weighted by molar-refractivity contribution is 5.85. The molecule has 1 aromatic carbocycles. The normalized spacial score (nSPS) is 25.4. The zero-order valence-electron chi connectivity index (χ0n) is 12.2. The van der Waals surface area contributed by atoms with Crippen LogP contribution in [0.15, 0.2) is 18.2 Å². The minimum absolute atomic E-state index is 0.142. The Balaban J connectivity index is 1.59. The maximum absolute atomic E-state index is 13.5. The van der Waals surface area contributed by atoms with Crippen molar-refractivity contribution >= 4 is 10.9 Å². The number of aryl methyl sites for hydroxylation is 1. The van der Waals surface area contributed by atoms with Crippen molar-refractivity contribution < 1.29 is 4.39 Å². The van der Waals surface area contributed by atoms with Gasteiger partial charge in [0.15, 0.2) is 0 Å². The van der Waals surface area contributed by atoms with Crippen LogP contribution in [0.3, 0.4) is 0 Å². The van der Waals surface area contributed by atoms with E-state index in [4.69, 9.17) is 0 Å². The lowest BCUT2D eigenvalue weighted by Crippen LogP contribution is -2.30. The Hall–Kier alpha value is -1.39. The lowest BCUT2D eigenvalue weighted by atomic mass is 9.91. The van der Waals surface area contributed by atoms with Crippen LogP contribution in [0, 0.1) is 11.7 Å². The maximum Gasteiger partial charge on any atom is 0.123 e. The molecule has 2 atom stereocenters. The molecule has 1 fully saturated rings. The summed E-state index contributed by atoms with van der Waals surface area (Å²) in [4.78, 5) is 3.52. The number of benzene rings is 1. The van der Waals surface area contributed by atoms with Crippen LogP contribution in [-0.2, 0) is 6.42 Å². The van der Waals surface area contributed by atoms with Crippen molar-refractivity contribution in [3.63, 3.8) is 0 Å². The monoisotopic (exact) mass is 287 g/mol. The fourth-order valence-corrected chi connectivity index (χ4v) is 3.84. The second-order valence-electron chi connectivity index (χ2n) is 6.42. The molecule has 2 aromatic rings. The molecule has 2 aliphatic rings. The molecule has 21 heavy (non-hydrogen) atoms. The van der Waals surface area contributed by atoms with Gasteiger partial charge in [0.05, 0.1) is 0 Å². The predicted molar refractivity (Wildman–Crippen MR) is 82.9 cm³/mol. The fraction of sp³-hybridized carbons (Fsp3) is 0.529. The lowest BCUT2D eigenvalue weighted by molar-refractivity contribution is 0.409. The number of H-pyrrole nitrogens is 1. The Kier molecular flexibility index (Phi) is 3.43. The molecule has 0 amide bonds. The second-order valence-corrected chi connectivity index (χ2v) is 6.42. The zero-order valence-corrected chi connectivity index (χ0v) is 12.2. The van der Waals surface area contributed by atoms with Crippen molar-refractivity contribution in [2.45, 2.75) is 31.7 Å². The van der Waals surface area contributed by atoms with E-state index in [0.717, 1.165) is 42.9 Å². The minimum Gasteiger partial charge on any atom is -0.357 e. The summed E-state index contributed by atoms with van der Waals surface area (Å²) in [7, 11) is 0. The number of aromatic amines is 1. The highest BCUT2D eigenvalue weighted by Gasteiger charge is 2.25. The van der Waals surface area contributed by atoms with Crippen LogP contribution < -0.4 is 10.6 Å². The van der Waals surface area contributed by atoms with Crippen molar-refractivity contribution in [2.24, 2.45) is 5.92 Å². The molecular formula is C17H22FN3. The van der Waals surface area contributed by atoms with E-state index in [-0.39, 0.29) is 5.82 Å². The van der Waals surface area contributed by atoms with Gasteiger partial charge in [0.25, 0.3) is 0 Å². The molecule has 112 valence electrons. The van der Waals surface area contributed by atoms with Gasteiger partial charge in [-0.2, -0.15) is 0 Å². The molecular weight excluding hydrogens is 265 g/mol. The van der Waals surface area contributed by atoms with Crippen molar-refractivity contribution in [2.75, 3.05) is 19.6 Å². The van der Waals surface area contributed by atoms with Crippen LogP contribution in [-0.4, -0.2) is 24.6 Å². The van der Waals surface area contributed by atoms with Gasteiger partial charge >= 0.3 is 0 Å². The first-order valence-electron chi connectivity index (χ1n) is 8.05. The molecule has 1 saturated heterocycles. The summed E-state index contributed by atoms with van der Waals surface area (Å²) in [6.07, 6.45) is 4.67. The molecule has 0 spiro atoms. The molecule has 4 heteroatoms. The third-order valence-electron chi connectivity index (χ3n) is 4.98. The number of halogens is 1. The van der Waals surface area contributed by atoms with E-state index in [1.54, 1.807) is 6.07 Å². The smallest absolute Gasteiger partial charge is 0.123 e. The van der Waals surface area contributed by atoms with Gasteiger partial charge < -0.3 is 15.6 Å². The third-order valence-corrected chi connectivity index (χ3v) is 4.98. The predicted octanol–water partition coefficient (Wildman–Crippen LogP) is 2.88. The standard InChI is InChI=1S/C17H22FN3/c18-12-4-5-15-14(8-12)13-2-1-3-16(17(13)21-15)20-10-11-6-7-19-9-11/h4-5,8,11,16,19-21H,1-3,6-7,9-10H2. The Morgan fingerprint density at radius 3 is 3.10 bits per heavy atom. The summed E-state index contributed by atoms with van der Waals surface area (Å²) in [5.74, 6) is 0.605. The van der Waals surface area contributed by atoms with E-state index >= 15 is 0 Å². The van der Waals surface area contributed by atoms with Crippen LogP contribution in [0.25, 0.3) is 10.9 Å². The number of fused-ring (bicyclic) bond motifs is 3. The van der Waals surface area contributed by atoms with Gasteiger partial charge in [0, 0.05) is 22.6 Å². The molecule has 0 radical (unpaired) electrons. The van der Waals surface area contributed by atoms with Crippen LogP contribution in [0.4, 0.5) is 4.39 Å². The van der Waals surface area contributed by atoms with Crippen LogP contribution in [0.1, 0.15) is 36.6 Å². The van der Waals surface area contributed by atoms with Gasteiger partial charge in [-0.15, -0.1) is 0 Å². The fourth-order valence-electron chi connectivity index (χ4n) is 3.84. The Bertz CT molecular complexity index is 643. The van der Waals surface area contributed by atoms with E-state index in [9.17, 15) is 4.39 Å². The molecule has 2 unspecified atom stereocenters. The zero-order chi connectivity index (χ0) is 14.2. The Labute approximate surface area is 124 Å². The van der Waals surface area contributed by atoms with Crippen molar-refractivity contribution in [1.82, 2.24) is 15.6 Å². The van der Waals surface area contributed by atoms with E-state index in [2.05, 4.69) is 15.6 Å². The summed E-state index contributed by atoms with van der Waals surface area (Å²) >= 11 is 0. The molecule has 1 aliphatic carbocycles. The average Bonchev–Trinajstić information content (AvgIpc) is 3.12. The minimum atomic E-state index is -0.142. The summed E-state index contributed by atoms with van der Waals surface area (Å²) in [6, 6.07) is 5.47. The molecule has 0 saturated carbocycles. The van der Waals surface area contributed by atoms with Gasteiger partial charge in [-0.3, -0.25) is 0 Å². The summed E-state index contributed by atoms with van der Waals surface area (Å²) in [6.45, 7) is 3.35. The van der Waals surface area contributed by atoms with Gasteiger partial charge in [-0.05, 0) is 75.0 Å². The van der Waals surface area contributed by atoms with E-state index < -0.39 is 0 Å². The number of hydrogen-bond acceptors (Lipinski definition) is 2. The third kappa shape index (κ3) is 2.47. The van der Waals surface area contributed by atoms with Gasteiger partial charge in [0.1, 0.15) is 5.82 Å². The van der Waals surface area contributed by atoms with E-state index in [1.165, 1.54) is 36.6 Å². The van der Waals surface area contributed by atoms with Crippen LogP contribution >= 0.6 is 0 Å². The number of hydrogen-bond donors (Lipinski definition) is 3. The largest absolute Gasteiger partial charge is 0.357 e. The first-order chi connectivity index (χ1) is 10.3. The van der Waals surface area contributed by atoms with Crippen molar-refractivity contribution in [3.8, 4) is 0 Å². The Morgan fingerprint density at radius 2 is 2.24 bits per heavy atom.